The first-order chi connectivity index (χ1) is 8.70. The quantitative estimate of drug-likeness (QED) is 0.826. The molecule has 0 aliphatic carbocycles. The van der Waals surface area contributed by atoms with Gasteiger partial charge in [-0.05, 0) is 29.2 Å². The van der Waals surface area contributed by atoms with Gasteiger partial charge in [-0.1, -0.05) is 13.0 Å². The molecule has 1 amide bonds. The highest BCUT2D eigenvalue weighted by atomic mass is 16.5. The maximum absolute atomic E-state index is 12.0. The van der Waals surface area contributed by atoms with Gasteiger partial charge in [0.15, 0.2) is 0 Å². The monoisotopic (exact) mass is 248 g/mol. The van der Waals surface area contributed by atoms with Gasteiger partial charge in [0.1, 0.15) is 0 Å². The molecule has 1 heterocycles. The van der Waals surface area contributed by atoms with E-state index in [4.69, 9.17) is 4.74 Å². The SMILES string of the molecule is COCC(C)CNC(=O)c1ccc2c(c1)CNC2. The molecule has 2 N–H and O–H groups in total. The van der Waals surface area contributed by atoms with E-state index in [1.807, 2.05) is 18.2 Å². The standard InChI is InChI=1S/C14H20N2O2/c1-10(9-18-2)6-16-14(17)11-3-4-12-7-15-8-13(12)5-11/h3-5,10,15H,6-9H2,1-2H3,(H,16,17). The number of carbonyl (C=O) groups excluding carboxylic acids is 1. The minimum atomic E-state index is -0.00680. The first kappa shape index (κ1) is 13.1. The van der Waals surface area contributed by atoms with Crippen LogP contribution in [0.3, 0.4) is 0 Å². The third-order valence-corrected chi connectivity index (χ3v) is 3.16. The molecule has 4 nitrogen and oxygen atoms in total. The molecule has 2 rings (SSSR count). The normalized spacial score (nSPS) is 15.2. The van der Waals surface area contributed by atoms with Gasteiger partial charge in [0.25, 0.3) is 5.91 Å². The summed E-state index contributed by atoms with van der Waals surface area (Å²) in [6.45, 7) is 5.12. The predicted molar refractivity (Wildman–Crippen MR) is 70.4 cm³/mol. The molecule has 1 atom stereocenters. The first-order valence-electron chi connectivity index (χ1n) is 6.30. The van der Waals surface area contributed by atoms with Crippen LogP contribution in [0.15, 0.2) is 18.2 Å². The van der Waals surface area contributed by atoms with Crippen LogP contribution in [-0.2, 0) is 17.8 Å². The maximum atomic E-state index is 12.0. The van der Waals surface area contributed by atoms with Crippen molar-refractivity contribution in [1.29, 1.82) is 0 Å². The molecule has 1 unspecified atom stereocenters. The highest BCUT2D eigenvalue weighted by molar-refractivity contribution is 5.94. The molecule has 18 heavy (non-hydrogen) atoms. The van der Waals surface area contributed by atoms with Crippen LogP contribution < -0.4 is 10.6 Å². The summed E-state index contributed by atoms with van der Waals surface area (Å²) in [6.07, 6.45) is 0. The van der Waals surface area contributed by atoms with Gasteiger partial charge in [-0.2, -0.15) is 0 Å². The third kappa shape index (κ3) is 3.09. The molecule has 0 aromatic heterocycles. The topological polar surface area (TPSA) is 50.4 Å². The van der Waals surface area contributed by atoms with Gasteiger partial charge < -0.3 is 15.4 Å². The molecular weight excluding hydrogens is 228 g/mol. The van der Waals surface area contributed by atoms with Gasteiger partial charge in [-0.25, -0.2) is 0 Å². The number of carbonyl (C=O) groups is 1. The molecule has 0 saturated heterocycles. The molecule has 4 heteroatoms. The molecule has 0 saturated carbocycles. The van der Waals surface area contributed by atoms with Gasteiger partial charge >= 0.3 is 0 Å². The van der Waals surface area contributed by atoms with E-state index < -0.39 is 0 Å². The zero-order chi connectivity index (χ0) is 13.0. The van der Waals surface area contributed by atoms with E-state index in [9.17, 15) is 4.79 Å². The number of benzene rings is 1. The second-order valence-corrected chi connectivity index (χ2v) is 4.86. The summed E-state index contributed by atoms with van der Waals surface area (Å²) in [5, 5.41) is 6.21. The lowest BCUT2D eigenvalue weighted by Gasteiger charge is -2.12. The number of fused-ring (bicyclic) bond motifs is 1. The highest BCUT2D eigenvalue weighted by Gasteiger charge is 2.13. The first-order valence-corrected chi connectivity index (χ1v) is 6.30. The number of hydrogen-bond donors (Lipinski definition) is 2. The zero-order valence-corrected chi connectivity index (χ0v) is 11.0. The lowest BCUT2D eigenvalue weighted by Crippen LogP contribution is -2.29. The fourth-order valence-corrected chi connectivity index (χ4v) is 2.15. The number of hydrogen-bond acceptors (Lipinski definition) is 3. The Kier molecular flexibility index (Phi) is 4.33. The molecule has 0 spiro atoms. The Morgan fingerprint density at radius 3 is 3.00 bits per heavy atom. The van der Waals surface area contributed by atoms with Crippen molar-refractivity contribution in [2.45, 2.75) is 20.0 Å². The second kappa shape index (κ2) is 5.98. The van der Waals surface area contributed by atoms with Crippen LogP contribution in [0.4, 0.5) is 0 Å². The van der Waals surface area contributed by atoms with Crippen molar-refractivity contribution in [3.05, 3.63) is 34.9 Å². The average molecular weight is 248 g/mol. The highest BCUT2D eigenvalue weighted by Crippen LogP contribution is 2.16. The number of rotatable bonds is 5. The van der Waals surface area contributed by atoms with Crippen molar-refractivity contribution in [1.82, 2.24) is 10.6 Å². The molecule has 1 aliphatic heterocycles. The van der Waals surface area contributed by atoms with Crippen LogP contribution in [0.25, 0.3) is 0 Å². The molecule has 98 valence electrons. The van der Waals surface area contributed by atoms with Crippen molar-refractivity contribution in [3.63, 3.8) is 0 Å². The Morgan fingerprint density at radius 2 is 2.22 bits per heavy atom. The minimum absolute atomic E-state index is 0.00680. The van der Waals surface area contributed by atoms with Crippen molar-refractivity contribution >= 4 is 5.91 Å². The van der Waals surface area contributed by atoms with E-state index >= 15 is 0 Å². The molecular formula is C14H20N2O2. The molecule has 0 radical (unpaired) electrons. The maximum Gasteiger partial charge on any atom is 0.251 e. The van der Waals surface area contributed by atoms with Crippen molar-refractivity contribution in [2.24, 2.45) is 5.92 Å². The average Bonchev–Trinajstić information content (AvgIpc) is 2.83. The van der Waals surface area contributed by atoms with E-state index in [0.717, 1.165) is 18.7 Å². The van der Waals surface area contributed by atoms with Crippen molar-refractivity contribution in [2.75, 3.05) is 20.3 Å². The Balaban J connectivity index is 1.93. The predicted octanol–water partition coefficient (Wildman–Crippen LogP) is 1.30. The summed E-state index contributed by atoms with van der Waals surface area (Å²) in [5.74, 6) is 0.322. The van der Waals surface area contributed by atoms with Gasteiger partial charge in [-0.15, -0.1) is 0 Å². The summed E-state index contributed by atoms with van der Waals surface area (Å²) in [6, 6.07) is 5.90. The molecule has 0 fully saturated rings. The van der Waals surface area contributed by atoms with E-state index in [1.165, 1.54) is 11.1 Å². The molecule has 1 aromatic rings. The minimum Gasteiger partial charge on any atom is -0.384 e. The van der Waals surface area contributed by atoms with Crippen LogP contribution in [0, 0.1) is 5.92 Å². The fourth-order valence-electron chi connectivity index (χ4n) is 2.15. The van der Waals surface area contributed by atoms with Gasteiger partial charge in [0, 0.05) is 32.3 Å². The summed E-state index contributed by atoms with van der Waals surface area (Å²) in [5.41, 5.74) is 3.26. The van der Waals surface area contributed by atoms with E-state index in [2.05, 4.69) is 17.6 Å². The fraction of sp³-hybridized carbons (Fsp3) is 0.500. The summed E-state index contributed by atoms with van der Waals surface area (Å²) in [4.78, 5) is 12.0. The van der Waals surface area contributed by atoms with E-state index in [-0.39, 0.29) is 5.91 Å². The zero-order valence-electron chi connectivity index (χ0n) is 11.0. The number of amides is 1. The van der Waals surface area contributed by atoms with Crippen LogP contribution in [0.5, 0.6) is 0 Å². The number of nitrogens with one attached hydrogen (secondary N) is 2. The number of ether oxygens (including phenoxy) is 1. The summed E-state index contributed by atoms with van der Waals surface area (Å²) < 4.78 is 5.04. The molecule has 1 aromatic carbocycles. The van der Waals surface area contributed by atoms with E-state index in [1.54, 1.807) is 7.11 Å². The smallest absolute Gasteiger partial charge is 0.251 e. The van der Waals surface area contributed by atoms with Crippen molar-refractivity contribution in [3.8, 4) is 0 Å². The Morgan fingerprint density at radius 1 is 1.44 bits per heavy atom. The lowest BCUT2D eigenvalue weighted by molar-refractivity contribution is 0.0934. The van der Waals surface area contributed by atoms with Crippen LogP contribution >= 0.6 is 0 Å². The largest absolute Gasteiger partial charge is 0.384 e. The number of methoxy groups -OCH3 is 1. The lowest BCUT2D eigenvalue weighted by atomic mass is 10.1. The Bertz CT molecular complexity index is 432. The Labute approximate surface area is 108 Å². The third-order valence-electron chi connectivity index (χ3n) is 3.16. The van der Waals surface area contributed by atoms with E-state index in [0.29, 0.717) is 19.1 Å². The van der Waals surface area contributed by atoms with Crippen molar-refractivity contribution < 1.29 is 9.53 Å². The molecule has 0 bridgehead atoms. The Hall–Kier alpha value is -1.39. The van der Waals surface area contributed by atoms with Crippen LogP contribution in [0.1, 0.15) is 28.4 Å². The summed E-state index contributed by atoms with van der Waals surface area (Å²) >= 11 is 0. The molecule has 1 aliphatic rings. The van der Waals surface area contributed by atoms with Crippen LogP contribution in [-0.4, -0.2) is 26.2 Å². The van der Waals surface area contributed by atoms with Gasteiger partial charge in [-0.3, -0.25) is 4.79 Å². The second-order valence-electron chi connectivity index (χ2n) is 4.86. The van der Waals surface area contributed by atoms with Gasteiger partial charge in [0.2, 0.25) is 0 Å². The van der Waals surface area contributed by atoms with Gasteiger partial charge in [0.05, 0.1) is 6.61 Å². The van der Waals surface area contributed by atoms with Crippen LogP contribution in [0.2, 0.25) is 0 Å². The summed E-state index contributed by atoms with van der Waals surface area (Å²) in [7, 11) is 1.67.